The number of fused-ring (bicyclic) bond motifs is 1. The minimum absolute atomic E-state index is 0.146. The topological polar surface area (TPSA) is 58.4 Å². The summed E-state index contributed by atoms with van der Waals surface area (Å²) in [4.78, 5) is 14.2. The molecule has 24 heavy (non-hydrogen) atoms. The van der Waals surface area contributed by atoms with Gasteiger partial charge in [-0.05, 0) is 50.6 Å². The maximum absolute atomic E-state index is 12.5. The van der Waals surface area contributed by atoms with Crippen LogP contribution in [0.5, 0.6) is 0 Å². The van der Waals surface area contributed by atoms with E-state index in [1.807, 2.05) is 63.2 Å². The molecule has 1 aromatic heterocycles. The Hall–Kier alpha value is -2.82. The predicted octanol–water partition coefficient (Wildman–Crippen LogP) is 4.18. The molecule has 1 N–H and O–H groups in total. The molecule has 0 aliphatic carbocycles. The summed E-state index contributed by atoms with van der Waals surface area (Å²) >= 11 is 0. The molecule has 3 aromatic rings. The highest BCUT2D eigenvalue weighted by atomic mass is 16.5. The molecule has 5 heteroatoms. The largest absolute Gasteiger partial charge is 0.356 e. The number of urea groups is 1. The van der Waals surface area contributed by atoms with Crippen molar-refractivity contribution in [3.63, 3.8) is 0 Å². The summed E-state index contributed by atoms with van der Waals surface area (Å²) in [5.41, 5.74) is 4.61. The highest BCUT2D eigenvalue weighted by Gasteiger charge is 2.15. The summed E-state index contributed by atoms with van der Waals surface area (Å²) in [6.45, 7) is 6.91. The van der Waals surface area contributed by atoms with Gasteiger partial charge in [0.2, 0.25) is 0 Å². The fourth-order valence-electron chi connectivity index (χ4n) is 2.72. The van der Waals surface area contributed by atoms with E-state index in [4.69, 9.17) is 4.52 Å². The average Bonchev–Trinajstić information content (AvgIpc) is 2.96. The van der Waals surface area contributed by atoms with E-state index in [0.29, 0.717) is 13.1 Å². The molecule has 0 atom stereocenters. The first-order valence-electron chi connectivity index (χ1n) is 8.05. The zero-order chi connectivity index (χ0) is 17.1. The van der Waals surface area contributed by atoms with Crippen molar-refractivity contribution in [2.45, 2.75) is 27.3 Å². The molecule has 0 saturated carbocycles. The van der Waals surface area contributed by atoms with Crippen LogP contribution in [-0.2, 0) is 6.54 Å². The van der Waals surface area contributed by atoms with Crippen LogP contribution in [-0.4, -0.2) is 17.7 Å². The van der Waals surface area contributed by atoms with Gasteiger partial charge >= 0.3 is 6.03 Å². The number of nitrogens with zero attached hydrogens (tertiary/aromatic N) is 2. The van der Waals surface area contributed by atoms with Crippen LogP contribution in [0.3, 0.4) is 0 Å². The highest BCUT2D eigenvalue weighted by molar-refractivity contribution is 5.92. The summed E-state index contributed by atoms with van der Waals surface area (Å²) in [5, 5.41) is 7.94. The lowest BCUT2D eigenvalue weighted by Crippen LogP contribution is -2.39. The van der Waals surface area contributed by atoms with Crippen LogP contribution in [0.4, 0.5) is 10.5 Å². The molecule has 0 spiro atoms. The van der Waals surface area contributed by atoms with Crippen molar-refractivity contribution in [3.8, 4) is 0 Å². The van der Waals surface area contributed by atoms with E-state index < -0.39 is 0 Å². The van der Waals surface area contributed by atoms with E-state index in [1.165, 1.54) is 0 Å². The van der Waals surface area contributed by atoms with Gasteiger partial charge in [0.1, 0.15) is 5.69 Å². The maximum Gasteiger partial charge on any atom is 0.322 e. The highest BCUT2D eigenvalue weighted by Crippen LogP contribution is 2.20. The summed E-state index contributed by atoms with van der Waals surface area (Å²) in [6.07, 6.45) is 0. The lowest BCUT2D eigenvalue weighted by Gasteiger charge is -2.21. The number of carbonyl (C=O) groups excluding carboxylic acids is 1. The van der Waals surface area contributed by atoms with Gasteiger partial charge in [-0.25, -0.2) is 4.79 Å². The molecule has 2 amide bonds. The first-order valence-corrected chi connectivity index (χ1v) is 8.05. The Balaban J connectivity index is 1.75. The molecule has 2 aromatic carbocycles. The Morgan fingerprint density at radius 2 is 1.96 bits per heavy atom. The van der Waals surface area contributed by atoms with Gasteiger partial charge in [0, 0.05) is 17.6 Å². The van der Waals surface area contributed by atoms with Crippen LogP contribution in [0, 0.1) is 13.8 Å². The van der Waals surface area contributed by atoms with Crippen LogP contribution in [0.2, 0.25) is 0 Å². The molecule has 0 aliphatic heterocycles. The smallest absolute Gasteiger partial charge is 0.322 e. The number of benzene rings is 2. The molecule has 0 aliphatic rings. The van der Waals surface area contributed by atoms with E-state index >= 15 is 0 Å². The van der Waals surface area contributed by atoms with Crippen molar-refractivity contribution in [2.75, 3.05) is 11.4 Å². The number of carbonyl (C=O) groups is 1. The zero-order valence-electron chi connectivity index (χ0n) is 14.2. The second-order valence-corrected chi connectivity index (χ2v) is 5.87. The van der Waals surface area contributed by atoms with Crippen LogP contribution < -0.4 is 10.2 Å². The minimum atomic E-state index is -0.146. The van der Waals surface area contributed by atoms with Crippen molar-refractivity contribution in [1.82, 2.24) is 10.5 Å². The molecule has 0 fully saturated rings. The van der Waals surface area contributed by atoms with Crippen molar-refractivity contribution >= 4 is 22.7 Å². The molecule has 5 nitrogen and oxygen atoms in total. The fraction of sp³-hybridized carbons (Fsp3) is 0.263. The van der Waals surface area contributed by atoms with Crippen LogP contribution in [0.15, 0.2) is 47.0 Å². The predicted molar refractivity (Wildman–Crippen MR) is 95.2 cm³/mol. The maximum atomic E-state index is 12.5. The third kappa shape index (κ3) is 3.25. The number of amides is 2. The van der Waals surface area contributed by atoms with E-state index in [2.05, 4.69) is 10.5 Å². The average molecular weight is 323 g/mol. The van der Waals surface area contributed by atoms with Crippen molar-refractivity contribution in [2.24, 2.45) is 0 Å². The van der Waals surface area contributed by atoms with Gasteiger partial charge in [0.15, 0.2) is 5.58 Å². The number of anilines is 1. The van der Waals surface area contributed by atoms with Crippen molar-refractivity contribution < 1.29 is 9.32 Å². The molecule has 124 valence electrons. The van der Waals surface area contributed by atoms with Gasteiger partial charge < -0.3 is 9.84 Å². The third-order valence-corrected chi connectivity index (χ3v) is 3.98. The van der Waals surface area contributed by atoms with E-state index in [1.54, 1.807) is 4.90 Å². The van der Waals surface area contributed by atoms with Gasteiger partial charge in [-0.15, -0.1) is 0 Å². The van der Waals surface area contributed by atoms with Gasteiger partial charge in [0.25, 0.3) is 0 Å². The number of aryl methyl sites for hydroxylation is 2. The molecule has 3 rings (SSSR count). The number of nitrogens with one attached hydrogen (secondary N) is 1. The summed E-state index contributed by atoms with van der Waals surface area (Å²) in [5.74, 6) is 0. The van der Waals surface area contributed by atoms with E-state index in [0.717, 1.165) is 33.5 Å². The van der Waals surface area contributed by atoms with Gasteiger partial charge in [-0.1, -0.05) is 28.9 Å². The summed E-state index contributed by atoms with van der Waals surface area (Å²) < 4.78 is 5.31. The van der Waals surface area contributed by atoms with Gasteiger partial charge in [-0.3, -0.25) is 4.90 Å². The minimum Gasteiger partial charge on any atom is -0.356 e. The molecule has 0 unspecified atom stereocenters. The second-order valence-electron chi connectivity index (χ2n) is 5.87. The quantitative estimate of drug-likeness (QED) is 0.783. The lowest BCUT2D eigenvalue weighted by molar-refractivity contribution is 0.246. The number of hydrogen-bond donors (Lipinski definition) is 1. The first kappa shape index (κ1) is 16.1. The third-order valence-electron chi connectivity index (χ3n) is 3.98. The number of rotatable bonds is 4. The SMILES string of the molecule is CCN(C(=O)NCc1noc2ccc(C)cc12)c1cccc(C)c1. The first-order chi connectivity index (χ1) is 11.6. The fourth-order valence-corrected chi connectivity index (χ4v) is 2.72. The Morgan fingerprint density at radius 1 is 1.17 bits per heavy atom. The van der Waals surface area contributed by atoms with Gasteiger partial charge in [-0.2, -0.15) is 0 Å². The van der Waals surface area contributed by atoms with Crippen LogP contribution >= 0.6 is 0 Å². The number of hydrogen-bond acceptors (Lipinski definition) is 3. The summed E-state index contributed by atoms with van der Waals surface area (Å²) in [7, 11) is 0. The number of aromatic nitrogens is 1. The molecular formula is C19H21N3O2. The Morgan fingerprint density at radius 3 is 2.71 bits per heavy atom. The van der Waals surface area contributed by atoms with Crippen molar-refractivity contribution in [1.29, 1.82) is 0 Å². The van der Waals surface area contributed by atoms with E-state index in [9.17, 15) is 4.79 Å². The van der Waals surface area contributed by atoms with Crippen LogP contribution in [0.25, 0.3) is 11.0 Å². The van der Waals surface area contributed by atoms with E-state index in [-0.39, 0.29) is 6.03 Å². The standard InChI is InChI=1S/C19H21N3O2/c1-4-22(15-7-5-6-13(2)10-15)19(23)20-12-17-16-11-14(3)8-9-18(16)24-21-17/h5-11H,4,12H2,1-3H3,(H,20,23). The summed E-state index contributed by atoms with van der Waals surface area (Å²) in [6, 6.07) is 13.6. The molecule has 0 bridgehead atoms. The molecule has 0 radical (unpaired) electrons. The Labute approximate surface area is 141 Å². The normalized spacial score (nSPS) is 10.8. The monoisotopic (exact) mass is 323 g/mol. The van der Waals surface area contributed by atoms with Gasteiger partial charge in [0.05, 0.1) is 6.54 Å². The second kappa shape index (κ2) is 6.74. The van der Waals surface area contributed by atoms with Crippen molar-refractivity contribution in [3.05, 3.63) is 59.3 Å². The Bertz CT molecular complexity index is 870. The van der Waals surface area contributed by atoms with Crippen LogP contribution in [0.1, 0.15) is 23.7 Å². The zero-order valence-corrected chi connectivity index (χ0v) is 14.2. The molecule has 1 heterocycles. The Kier molecular flexibility index (Phi) is 4.51. The molecule has 0 saturated heterocycles. The molecular weight excluding hydrogens is 302 g/mol. The lowest BCUT2D eigenvalue weighted by atomic mass is 10.1.